The van der Waals surface area contributed by atoms with Crippen LogP contribution in [0.25, 0.3) is 0 Å². The van der Waals surface area contributed by atoms with Gasteiger partial charge in [-0.3, -0.25) is 0 Å². The standard InChI is InChI=1S/C23H36O3/c1-4-19(16-11-21(25)26-14-16)22(2)9-8-20-15(13-22)5-6-17-12-18(24)7-10-23(17,20)3/h11,15,17-20,24H,4-10,12-14H2,1-3H3/t15?,17-,18+,19-,20?,22+,23+/m1/s1. The molecule has 2 unspecified atom stereocenters. The van der Waals surface area contributed by atoms with Crippen molar-refractivity contribution in [2.45, 2.75) is 84.7 Å². The summed E-state index contributed by atoms with van der Waals surface area (Å²) in [5, 5.41) is 10.1. The molecule has 0 radical (unpaired) electrons. The molecule has 3 heteroatoms. The quantitative estimate of drug-likeness (QED) is 0.730. The monoisotopic (exact) mass is 360 g/mol. The predicted octanol–water partition coefficient (Wildman–Crippen LogP) is 4.88. The van der Waals surface area contributed by atoms with E-state index in [1.54, 1.807) is 6.08 Å². The van der Waals surface area contributed by atoms with Crippen LogP contribution in [0.1, 0.15) is 78.6 Å². The fourth-order valence-electron chi connectivity index (χ4n) is 7.59. The van der Waals surface area contributed by atoms with Gasteiger partial charge in [-0.15, -0.1) is 0 Å². The van der Waals surface area contributed by atoms with Gasteiger partial charge in [-0.1, -0.05) is 20.8 Å². The van der Waals surface area contributed by atoms with Gasteiger partial charge >= 0.3 is 5.97 Å². The van der Waals surface area contributed by atoms with Crippen LogP contribution in [-0.4, -0.2) is 23.8 Å². The molecule has 1 heterocycles. The molecule has 0 bridgehead atoms. The molecule has 1 N–H and O–H groups in total. The summed E-state index contributed by atoms with van der Waals surface area (Å²) < 4.78 is 5.23. The fraction of sp³-hybridized carbons (Fsp3) is 0.870. The van der Waals surface area contributed by atoms with Crippen molar-refractivity contribution in [1.29, 1.82) is 0 Å². The van der Waals surface area contributed by atoms with Gasteiger partial charge in [0.25, 0.3) is 0 Å². The third kappa shape index (κ3) is 2.95. The normalized spacial score (nSPS) is 46.8. The van der Waals surface area contributed by atoms with E-state index in [9.17, 15) is 9.90 Å². The summed E-state index contributed by atoms with van der Waals surface area (Å²) in [5.74, 6) is 2.70. The molecule has 0 aromatic heterocycles. The lowest BCUT2D eigenvalue weighted by Crippen LogP contribution is -2.51. The summed E-state index contributed by atoms with van der Waals surface area (Å²) in [6.45, 7) is 7.79. The molecule has 4 aliphatic rings. The minimum atomic E-state index is -0.149. The zero-order chi connectivity index (χ0) is 18.5. The molecule has 3 saturated carbocycles. The number of ether oxygens (including phenoxy) is 1. The zero-order valence-electron chi connectivity index (χ0n) is 16.8. The van der Waals surface area contributed by atoms with E-state index >= 15 is 0 Å². The largest absolute Gasteiger partial charge is 0.458 e. The molecular weight excluding hydrogens is 324 g/mol. The number of carbonyl (C=O) groups is 1. The van der Waals surface area contributed by atoms with E-state index in [4.69, 9.17) is 4.74 Å². The predicted molar refractivity (Wildman–Crippen MR) is 102 cm³/mol. The molecule has 26 heavy (non-hydrogen) atoms. The van der Waals surface area contributed by atoms with Gasteiger partial charge in [0, 0.05) is 6.08 Å². The van der Waals surface area contributed by atoms with Crippen molar-refractivity contribution in [3.05, 3.63) is 11.6 Å². The number of esters is 1. The van der Waals surface area contributed by atoms with Gasteiger partial charge in [0.1, 0.15) is 6.61 Å². The second kappa shape index (κ2) is 6.65. The molecule has 3 fully saturated rings. The van der Waals surface area contributed by atoms with E-state index in [1.165, 1.54) is 44.1 Å². The molecule has 0 saturated heterocycles. The van der Waals surface area contributed by atoms with Gasteiger partial charge in [0.15, 0.2) is 0 Å². The Morgan fingerprint density at radius 2 is 2.04 bits per heavy atom. The molecule has 146 valence electrons. The Morgan fingerprint density at radius 1 is 1.23 bits per heavy atom. The first-order chi connectivity index (χ1) is 12.4. The second-order valence-corrected chi connectivity index (χ2v) is 10.3. The van der Waals surface area contributed by atoms with Gasteiger partial charge in [-0.05, 0) is 97.9 Å². The highest BCUT2D eigenvalue weighted by atomic mass is 16.5. The molecule has 0 aromatic carbocycles. The summed E-state index contributed by atoms with van der Waals surface area (Å²) in [6, 6.07) is 0. The van der Waals surface area contributed by atoms with Gasteiger partial charge in [0.2, 0.25) is 0 Å². The Labute approximate surface area is 158 Å². The van der Waals surface area contributed by atoms with Crippen molar-refractivity contribution in [1.82, 2.24) is 0 Å². The van der Waals surface area contributed by atoms with Crippen molar-refractivity contribution in [2.75, 3.05) is 6.61 Å². The average Bonchev–Trinajstić information content (AvgIpc) is 3.02. The Morgan fingerprint density at radius 3 is 2.73 bits per heavy atom. The second-order valence-electron chi connectivity index (χ2n) is 10.3. The number of fused-ring (bicyclic) bond motifs is 3. The van der Waals surface area contributed by atoms with E-state index in [0.717, 1.165) is 37.0 Å². The Kier molecular flexibility index (Phi) is 4.74. The molecule has 4 rings (SSSR count). The van der Waals surface area contributed by atoms with Crippen molar-refractivity contribution in [2.24, 2.45) is 34.5 Å². The van der Waals surface area contributed by atoms with Crippen LogP contribution in [0.4, 0.5) is 0 Å². The minimum absolute atomic E-state index is 0.0604. The number of hydrogen-bond acceptors (Lipinski definition) is 3. The Hall–Kier alpha value is -0.830. The molecule has 7 atom stereocenters. The number of aliphatic hydroxyl groups is 1. The maximum absolute atomic E-state index is 11.6. The van der Waals surface area contributed by atoms with Crippen LogP contribution >= 0.6 is 0 Å². The first kappa shape index (κ1) is 18.5. The smallest absolute Gasteiger partial charge is 0.331 e. The number of cyclic esters (lactones) is 1. The molecule has 0 spiro atoms. The number of rotatable bonds is 3. The molecule has 0 amide bonds. The highest BCUT2D eigenvalue weighted by Crippen LogP contribution is 2.63. The zero-order valence-corrected chi connectivity index (χ0v) is 16.8. The van der Waals surface area contributed by atoms with Crippen LogP contribution in [0.5, 0.6) is 0 Å². The van der Waals surface area contributed by atoms with Crippen LogP contribution in [-0.2, 0) is 9.53 Å². The maximum Gasteiger partial charge on any atom is 0.331 e. The van der Waals surface area contributed by atoms with Gasteiger partial charge < -0.3 is 9.84 Å². The van der Waals surface area contributed by atoms with E-state index in [0.29, 0.717) is 23.4 Å². The topological polar surface area (TPSA) is 46.5 Å². The van der Waals surface area contributed by atoms with Crippen LogP contribution in [0.3, 0.4) is 0 Å². The first-order valence-corrected chi connectivity index (χ1v) is 10.9. The number of hydrogen-bond donors (Lipinski definition) is 1. The lowest BCUT2D eigenvalue weighted by molar-refractivity contribution is -0.135. The van der Waals surface area contributed by atoms with Gasteiger partial charge in [0.05, 0.1) is 6.10 Å². The van der Waals surface area contributed by atoms with Crippen LogP contribution in [0.2, 0.25) is 0 Å². The molecule has 0 aromatic rings. The van der Waals surface area contributed by atoms with E-state index in [-0.39, 0.29) is 12.1 Å². The lowest BCUT2D eigenvalue weighted by atomic mass is 9.46. The van der Waals surface area contributed by atoms with Gasteiger partial charge in [-0.2, -0.15) is 0 Å². The number of carbonyl (C=O) groups excluding carboxylic acids is 1. The highest BCUT2D eigenvalue weighted by molar-refractivity contribution is 5.85. The Balaban J connectivity index is 1.53. The summed E-state index contributed by atoms with van der Waals surface area (Å²) in [4.78, 5) is 11.6. The van der Waals surface area contributed by atoms with Crippen LogP contribution < -0.4 is 0 Å². The Bertz CT molecular complexity index is 596. The molecule has 3 nitrogen and oxygen atoms in total. The molecule has 3 aliphatic carbocycles. The lowest BCUT2D eigenvalue weighted by Gasteiger charge is -2.59. The highest BCUT2D eigenvalue weighted by Gasteiger charge is 2.54. The molecular formula is C23H36O3. The molecule has 1 aliphatic heterocycles. The van der Waals surface area contributed by atoms with Crippen molar-refractivity contribution < 1.29 is 14.6 Å². The van der Waals surface area contributed by atoms with E-state index in [1.807, 2.05) is 0 Å². The average molecular weight is 361 g/mol. The third-order valence-electron chi connectivity index (χ3n) is 8.94. The minimum Gasteiger partial charge on any atom is -0.458 e. The first-order valence-electron chi connectivity index (χ1n) is 10.9. The summed E-state index contributed by atoms with van der Waals surface area (Å²) >= 11 is 0. The summed E-state index contributed by atoms with van der Waals surface area (Å²) in [6.07, 6.45) is 12.6. The SMILES string of the molecule is CC[C@H](C1=CC(=O)OC1)[C@@]1(C)CCC2C(CC[C@@H]3C[C@@H](O)CC[C@]23C)C1. The van der Waals surface area contributed by atoms with E-state index in [2.05, 4.69) is 20.8 Å². The van der Waals surface area contributed by atoms with Crippen LogP contribution in [0, 0.1) is 34.5 Å². The fourth-order valence-corrected chi connectivity index (χ4v) is 7.59. The van der Waals surface area contributed by atoms with Crippen molar-refractivity contribution in [3.63, 3.8) is 0 Å². The van der Waals surface area contributed by atoms with Crippen molar-refractivity contribution >= 4 is 5.97 Å². The van der Waals surface area contributed by atoms with Crippen LogP contribution in [0.15, 0.2) is 11.6 Å². The van der Waals surface area contributed by atoms with Crippen molar-refractivity contribution in [3.8, 4) is 0 Å². The summed E-state index contributed by atoms with van der Waals surface area (Å²) in [5.41, 5.74) is 1.98. The maximum atomic E-state index is 11.6. The third-order valence-corrected chi connectivity index (χ3v) is 8.94. The summed E-state index contributed by atoms with van der Waals surface area (Å²) in [7, 11) is 0. The number of aliphatic hydroxyl groups excluding tert-OH is 1. The van der Waals surface area contributed by atoms with Gasteiger partial charge in [-0.25, -0.2) is 4.79 Å². The van der Waals surface area contributed by atoms with E-state index < -0.39 is 0 Å².